The number of nitrogens with one attached hydrogen (secondary N) is 1. The normalized spacial score (nSPS) is 11.3. The van der Waals surface area contributed by atoms with E-state index < -0.39 is 10.0 Å². The Bertz CT molecular complexity index is 1170. The molecule has 3 aromatic rings. The molecule has 1 amide bonds. The number of hydrogen-bond acceptors (Lipinski definition) is 4. The number of nitrogens with zero attached hydrogens (tertiary/aromatic N) is 1. The summed E-state index contributed by atoms with van der Waals surface area (Å²) < 4.78 is 31.8. The van der Waals surface area contributed by atoms with E-state index in [9.17, 15) is 13.2 Å². The van der Waals surface area contributed by atoms with Crippen molar-refractivity contribution in [2.75, 3.05) is 10.6 Å². The van der Waals surface area contributed by atoms with Gasteiger partial charge < -0.3 is 10.1 Å². The third kappa shape index (κ3) is 7.08. The number of aryl methyl sites for hydroxylation is 1. The molecular weight excluding hydrogens is 436 g/mol. The molecule has 3 aromatic carbocycles. The molecule has 0 bridgehead atoms. The standard InChI is InChI=1S/C26H30N2O4S/c1-19(2)32-25-15-9-21(10-16-25)17-27-26(29)23-11-13-24(14-12-23)28(33(4,30)31)18-22-7-5-20(3)6-8-22/h5-16,19H,17-18H2,1-4H3,(H,27,29). The van der Waals surface area contributed by atoms with E-state index in [1.165, 1.54) is 10.6 Å². The molecule has 0 saturated carbocycles. The maximum atomic E-state index is 12.6. The van der Waals surface area contributed by atoms with E-state index in [1.807, 2.05) is 69.3 Å². The van der Waals surface area contributed by atoms with Gasteiger partial charge in [-0.1, -0.05) is 42.0 Å². The largest absolute Gasteiger partial charge is 0.491 e. The minimum atomic E-state index is -3.49. The van der Waals surface area contributed by atoms with Crippen LogP contribution in [0.25, 0.3) is 0 Å². The van der Waals surface area contributed by atoms with Gasteiger partial charge in [-0.05, 0) is 68.3 Å². The van der Waals surface area contributed by atoms with Gasteiger partial charge in [-0.2, -0.15) is 0 Å². The first-order valence-electron chi connectivity index (χ1n) is 10.8. The summed E-state index contributed by atoms with van der Waals surface area (Å²) >= 11 is 0. The van der Waals surface area contributed by atoms with Crippen LogP contribution < -0.4 is 14.4 Å². The predicted octanol–water partition coefficient (Wildman–Crippen LogP) is 4.68. The van der Waals surface area contributed by atoms with Gasteiger partial charge in [0.15, 0.2) is 0 Å². The molecule has 0 aliphatic carbocycles. The molecule has 0 heterocycles. The third-order valence-electron chi connectivity index (χ3n) is 5.01. The molecule has 0 aliphatic rings. The number of hydrogen-bond donors (Lipinski definition) is 1. The second kappa shape index (κ2) is 10.5. The van der Waals surface area contributed by atoms with E-state index in [-0.39, 0.29) is 18.6 Å². The average Bonchev–Trinajstić information content (AvgIpc) is 2.77. The van der Waals surface area contributed by atoms with Crippen LogP contribution in [-0.4, -0.2) is 26.7 Å². The van der Waals surface area contributed by atoms with Gasteiger partial charge in [0.05, 0.1) is 24.6 Å². The molecule has 0 spiro atoms. The number of carbonyl (C=O) groups is 1. The number of carbonyl (C=O) groups excluding carboxylic acids is 1. The number of sulfonamides is 1. The van der Waals surface area contributed by atoms with Crippen LogP contribution in [0.4, 0.5) is 5.69 Å². The van der Waals surface area contributed by atoms with E-state index in [2.05, 4.69) is 5.32 Å². The number of benzene rings is 3. The lowest BCUT2D eigenvalue weighted by Gasteiger charge is -2.23. The summed E-state index contributed by atoms with van der Waals surface area (Å²) in [5.74, 6) is 0.560. The van der Waals surface area contributed by atoms with Crippen LogP contribution in [-0.2, 0) is 23.1 Å². The highest BCUT2D eigenvalue weighted by Crippen LogP contribution is 2.22. The first-order valence-corrected chi connectivity index (χ1v) is 12.6. The Morgan fingerprint density at radius 2 is 1.48 bits per heavy atom. The van der Waals surface area contributed by atoms with Crippen LogP contribution in [0.2, 0.25) is 0 Å². The predicted molar refractivity (Wildman–Crippen MR) is 132 cm³/mol. The molecule has 0 saturated heterocycles. The summed E-state index contributed by atoms with van der Waals surface area (Å²) in [4.78, 5) is 12.6. The van der Waals surface area contributed by atoms with Gasteiger partial charge in [0.25, 0.3) is 5.91 Å². The van der Waals surface area contributed by atoms with Crippen molar-refractivity contribution in [3.63, 3.8) is 0 Å². The molecule has 0 aromatic heterocycles. The second-order valence-electron chi connectivity index (χ2n) is 8.30. The highest BCUT2D eigenvalue weighted by atomic mass is 32.2. The van der Waals surface area contributed by atoms with E-state index in [0.29, 0.717) is 17.8 Å². The van der Waals surface area contributed by atoms with Crippen molar-refractivity contribution >= 4 is 21.6 Å². The summed E-state index contributed by atoms with van der Waals surface area (Å²) in [5, 5.41) is 2.89. The first-order chi connectivity index (χ1) is 15.6. The lowest BCUT2D eigenvalue weighted by atomic mass is 10.1. The molecule has 33 heavy (non-hydrogen) atoms. The van der Waals surface area contributed by atoms with Crippen molar-refractivity contribution in [3.8, 4) is 5.75 Å². The van der Waals surface area contributed by atoms with Crippen molar-refractivity contribution < 1.29 is 17.9 Å². The Labute approximate surface area is 196 Å². The van der Waals surface area contributed by atoms with Crippen molar-refractivity contribution in [1.29, 1.82) is 0 Å². The highest BCUT2D eigenvalue weighted by Gasteiger charge is 2.18. The van der Waals surface area contributed by atoms with Crippen LogP contribution in [0.3, 0.4) is 0 Å². The van der Waals surface area contributed by atoms with Gasteiger partial charge in [-0.25, -0.2) is 8.42 Å². The molecule has 0 aliphatic heterocycles. The van der Waals surface area contributed by atoms with Crippen molar-refractivity contribution in [1.82, 2.24) is 5.32 Å². The Kier molecular flexibility index (Phi) is 7.76. The Morgan fingerprint density at radius 3 is 2.03 bits per heavy atom. The fraction of sp³-hybridized carbons (Fsp3) is 0.269. The monoisotopic (exact) mass is 466 g/mol. The van der Waals surface area contributed by atoms with E-state index in [4.69, 9.17) is 4.74 Å². The molecule has 0 fully saturated rings. The van der Waals surface area contributed by atoms with Gasteiger partial charge in [0, 0.05) is 12.1 Å². The number of rotatable bonds is 9. The molecule has 0 radical (unpaired) electrons. The highest BCUT2D eigenvalue weighted by molar-refractivity contribution is 7.92. The van der Waals surface area contributed by atoms with Crippen LogP contribution >= 0.6 is 0 Å². The van der Waals surface area contributed by atoms with Gasteiger partial charge >= 0.3 is 0 Å². The summed E-state index contributed by atoms with van der Waals surface area (Å²) in [6.07, 6.45) is 1.29. The van der Waals surface area contributed by atoms with Crippen molar-refractivity contribution in [3.05, 3.63) is 95.1 Å². The molecule has 174 valence electrons. The minimum absolute atomic E-state index is 0.106. The minimum Gasteiger partial charge on any atom is -0.491 e. The van der Waals surface area contributed by atoms with Crippen LogP contribution in [0.5, 0.6) is 5.75 Å². The summed E-state index contributed by atoms with van der Waals surface area (Å²) in [5.41, 5.74) is 3.92. The third-order valence-corrected chi connectivity index (χ3v) is 6.15. The van der Waals surface area contributed by atoms with Crippen molar-refractivity contribution in [2.45, 2.75) is 40.0 Å². The zero-order chi connectivity index (χ0) is 24.0. The zero-order valence-corrected chi connectivity index (χ0v) is 20.2. The molecule has 3 rings (SSSR count). The SMILES string of the molecule is Cc1ccc(CN(c2ccc(C(=O)NCc3ccc(OC(C)C)cc3)cc2)S(C)(=O)=O)cc1. The molecular formula is C26H30N2O4S. The summed E-state index contributed by atoms with van der Waals surface area (Å²) in [7, 11) is -3.49. The topological polar surface area (TPSA) is 75.7 Å². The quantitative estimate of drug-likeness (QED) is 0.497. The Hall–Kier alpha value is -3.32. The van der Waals surface area contributed by atoms with Gasteiger partial charge in [0.1, 0.15) is 5.75 Å². The maximum absolute atomic E-state index is 12.6. The number of amides is 1. The van der Waals surface area contributed by atoms with E-state index in [0.717, 1.165) is 22.4 Å². The summed E-state index contributed by atoms with van der Waals surface area (Å²) in [6, 6.07) is 21.9. The van der Waals surface area contributed by atoms with Crippen LogP contribution in [0, 0.1) is 6.92 Å². The number of ether oxygens (including phenoxy) is 1. The molecule has 6 nitrogen and oxygen atoms in total. The maximum Gasteiger partial charge on any atom is 0.251 e. The summed E-state index contributed by atoms with van der Waals surface area (Å²) in [6.45, 7) is 6.53. The lowest BCUT2D eigenvalue weighted by molar-refractivity contribution is 0.0951. The fourth-order valence-corrected chi connectivity index (χ4v) is 4.17. The Balaban J connectivity index is 1.65. The zero-order valence-electron chi connectivity index (χ0n) is 19.4. The van der Waals surface area contributed by atoms with Crippen LogP contribution in [0.15, 0.2) is 72.8 Å². The molecule has 0 unspecified atom stereocenters. The fourth-order valence-electron chi connectivity index (χ4n) is 3.28. The lowest BCUT2D eigenvalue weighted by Crippen LogP contribution is -2.29. The average molecular weight is 467 g/mol. The first kappa shape index (κ1) is 24.3. The van der Waals surface area contributed by atoms with Gasteiger partial charge in [0.2, 0.25) is 10.0 Å². The molecule has 0 atom stereocenters. The molecule has 1 N–H and O–H groups in total. The van der Waals surface area contributed by atoms with Crippen molar-refractivity contribution in [2.24, 2.45) is 0 Å². The van der Waals surface area contributed by atoms with E-state index in [1.54, 1.807) is 24.3 Å². The molecule has 7 heteroatoms. The van der Waals surface area contributed by atoms with E-state index >= 15 is 0 Å². The smallest absolute Gasteiger partial charge is 0.251 e. The van der Waals surface area contributed by atoms with Gasteiger partial charge in [-0.3, -0.25) is 9.10 Å². The van der Waals surface area contributed by atoms with Crippen LogP contribution in [0.1, 0.15) is 40.9 Å². The van der Waals surface area contributed by atoms with Gasteiger partial charge in [-0.15, -0.1) is 0 Å². The Morgan fingerprint density at radius 1 is 0.909 bits per heavy atom. The second-order valence-corrected chi connectivity index (χ2v) is 10.2. The number of anilines is 1.